The molecule has 1 aromatic heterocycles. The first-order valence-corrected chi connectivity index (χ1v) is 5.20. The Hall–Kier alpha value is -1.10. The quantitative estimate of drug-likeness (QED) is 0.829. The van der Waals surface area contributed by atoms with Gasteiger partial charge in [0.05, 0.1) is 12.2 Å². The first-order chi connectivity index (χ1) is 6.66. The van der Waals surface area contributed by atoms with E-state index in [2.05, 4.69) is 26.0 Å². The fraction of sp³-hybridized carbons (Fsp3) is 0.333. The van der Waals surface area contributed by atoms with E-state index in [4.69, 9.17) is 5.73 Å². The van der Waals surface area contributed by atoms with Crippen molar-refractivity contribution in [1.82, 2.24) is 4.98 Å². The molecule has 0 saturated heterocycles. The van der Waals surface area contributed by atoms with Gasteiger partial charge in [-0.2, -0.15) is 5.10 Å². The molecular formula is C9H11BrN4. The van der Waals surface area contributed by atoms with Crippen LogP contribution in [0.1, 0.15) is 12.1 Å². The van der Waals surface area contributed by atoms with Crippen LogP contribution < -0.4 is 10.7 Å². The zero-order valence-corrected chi connectivity index (χ0v) is 9.45. The number of pyridine rings is 1. The topological polar surface area (TPSA) is 54.5 Å². The van der Waals surface area contributed by atoms with Crippen LogP contribution in [0.2, 0.25) is 0 Å². The summed E-state index contributed by atoms with van der Waals surface area (Å²) in [4.78, 5) is 4.41. The Morgan fingerprint density at radius 1 is 1.50 bits per heavy atom. The van der Waals surface area contributed by atoms with Crippen molar-refractivity contribution in [1.29, 1.82) is 0 Å². The largest absolute Gasteiger partial charge is 0.386 e. The van der Waals surface area contributed by atoms with Crippen LogP contribution in [0.5, 0.6) is 0 Å². The molecule has 0 unspecified atom stereocenters. The number of anilines is 1. The van der Waals surface area contributed by atoms with Gasteiger partial charge < -0.3 is 5.73 Å². The Kier molecular flexibility index (Phi) is 2.41. The summed E-state index contributed by atoms with van der Waals surface area (Å²) in [6, 6.07) is 3.90. The highest BCUT2D eigenvalue weighted by molar-refractivity contribution is 9.10. The van der Waals surface area contributed by atoms with Gasteiger partial charge in [-0.1, -0.05) is 0 Å². The van der Waals surface area contributed by atoms with Crippen molar-refractivity contribution in [2.75, 3.05) is 11.6 Å². The van der Waals surface area contributed by atoms with Gasteiger partial charge in [-0.05, 0) is 35.0 Å². The third-order valence-corrected chi connectivity index (χ3v) is 2.94. The maximum absolute atomic E-state index is 5.60. The van der Waals surface area contributed by atoms with E-state index in [0.717, 1.165) is 29.0 Å². The average Bonchev–Trinajstić information content (AvgIpc) is 2.57. The molecule has 4 nitrogen and oxygen atoms in total. The smallest absolute Gasteiger partial charge is 0.149 e. The Bertz CT molecular complexity index is 388. The van der Waals surface area contributed by atoms with Gasteiger partial charge >= 0.3 is 0 Å². The first-order valence-electron chi connectivity index (χ1n) is 4.40. The van der Waals surface area contributed by atoms with Crippen LogP contribution in [-0.4, -0.2) is 17.4 Å². The maximum Gasteiger partial charge on any atom is 0.149 e. The van der Waals surface area contributed by atoms with Gasteiger partial charge in [0.2, 0.25) is 0 Å². The number of hydrazone groups is 1. The summed E-state index contributed by atoms with van der Waals surface area (Å²) in [5.41, 5.74) is 6.56. The third-order valence-electron chi connectivity index (χ3n) is 2.10. The number of rotatable bonds is 1. The zero-order chi connectivity index (χ0) is 10.1. The Morgan fingerprint density at radius 3 is 2.86 bits per heavy atom. The summed E-state index contributed by atoms with van der Waals surface area (Å²) in [7, 11) is 0. The molecule has 1 aliphatic rings. The van der Waals surface area contributed by atoms with Gasteiger partial charge in [0.1, 0.15) is 11.7 Å². The van der Waals surface area contributed by atoms with Crippen LogP contribution in [0.25, 0.3) is 0 Å². The van der Waals surface area contributed by atoms with Gasteiger partial charge in [-0.25, -0.2) is 9.99 Å². The van der Waals surface area contributed by atoms with Gasteiger partial charge in [-0.15, -0.1) is 0 Å². The van der Waals surface area contributed by atoms with Gasteiger partial charge in [0.25, 0.3) is 0 Å². The minimum absolute atomic E-state index is 0.673. The van der Waals surface area contributed by atoms with E-state index in [-0.39, 0.29) is 0 Å². The molecule has 2 N–H and O–H groups in total. The first kappa shape index (κ1) is 9.45. The van der Waals surface area contributed by atoms with E-state index >= 15 is 0 Å². The van der Waals surface area contributed by atoms with Crippen molar-refractivity contribution in [3.63, 3.8) is 0 Å². The lowest BCUT2D eigenvalue weighted by Crippen LogP contribution is -2.13. The number of aromatic nitrogens is 1. The molecule has 2 heterocycles. The second kappa shape index (κ2) is 3.57. The molecule has 0 bridgehead atoms. The van der Waals surface area contributed by atoms with Gasteiger partial charge in [-0.3, -0.25) is 0 Å². The zero-order valence-electron chi connectivity index (χ0n) is 7.87. The van der Waals surface area contributed by atoms with Crippen LogP contribution >= 0.6 is 15.9 Å². The molecule has 0 aromatic carbocycles. The summed E-state index contributed by atoms with van der Waals surface area (Å²) >= 11 is 3.41. The van der Waals surface area contributed by atoms with Crippen molar-refractivity contribution in [2.45, 2.75) is 13.3 Å². The molecule has 0 amide bonds. The lowest BCUT2D eigenvalue weighted by atomic mass is 10.3. The van der Waals surface area contributed by atoms with E-state index in [9.17, 15) is 0 Å². The minimum atomic E-state index is 0.673. The van der Waals surface area contributed by atoms with Crippen molar-refractivity contribution in [2.24, 2.45) is 10.8 Å². The number of hydrogen-bond acceptors (Lipinski definition) is 4. The number of nitrogens with two attached hydrogens (primary N) is 1. The molecule has 0 saturated carbocycles. The lowest BCUT2D eigenvalue weighted by molar-refractivity contribution is 0.889. The van der Waals surface area contributed by atoms with E-state index < -0.39 is 0 Å². The highest BCUT2D eigenvalue weighted by Crippen LogP contribution is 2.20. The Balaban J connectivity index is 2.29. The number of amidine groups is 1. The van der Waals surface area contributed by atoms with Gasteiger partial charge in [0, 0.05) is 10.9 Å². The standard InChI is InChI=1S/C9H11BrN4/c1-6-7(10)2-3-9(12-6)14-5-4-8(11)13-14/h2-3H,4-5H2,1H3,(H2,11,13). The molecule has 5 heteroatoms. The third kappa shape index (κ3) is 1.72. The van der Waals surface area contributed by atoms with Gasteiger partial charge in [0.15, 0.2) is 0 Å². The number of nitrogens with zero attached hydrogens (tertiary/aromatic N) is 3. The predicted octanol–water partition coefficient (Wildman–Crippen LogP) is 1.63. The predicted molar refractivity (Wildman–Crippen MR) is 60.3 cm³/mol. The highest BCUT2D eigenvalue weighted by Gasteiger charge is 2.14. The van der Waals surface area contributed by atoms with Crippen LogP contribution in [-0.2, 0) is 0 Å². The Morgan fingerprint density at radius 2 is 2.29 bits per heavy atom. The molecule has 14 heavy (non-hydrogen) atoms. The van der Waals surface area contributed by atoms with Crippen LogP contribution in [0, 0.1) is 6.92 Å². The van der Waals surface area contributed by atoms with Crippen molar-refractivity contribution in [3.8, 4) is 0 Å². The van der Waals surface area contributed by atoms with E-state index in [1.807, 2.05) is 24.1 Å². The lowest BCUT2D eigenvalue weighted by Gasteiger charge is -2.12. The SMILES string of the molecule is Cc1nc(N2CCC(N)=N2)ccc1Br. The molecule has 1 aromatic rings. The number of halogens is 1. The van der Waals surface area contributed by atoms with Crippen molar-refractivity contribution >= 4 is 27.6 Å². The average molecular weight is 255 g/mol. The monoisotopic (exact) mass is 254 g/mol. The molecule has 0 radical (unpaired) electrons. The van der Waals surface area contributed by atoms with Crippen LogP contribution in [0.3, 0.4) is 0 Å². The molecule has 1 aliphatic heterocycles. The maximum atomic E-state index is 5.60. The van der Waals surface area contributed by atoms with Crippen molar-refractivity contribution < 1.29 is 0 Å². The molecule has 0 fully saturated rings. The summed E-state index contributed by atoms with van der Waals surface area (Å²) in [5, 5.41) is 6.01. The minimum Gasteiger partial charge on any atom is -0.386 e. The van der Waals surface area contributed by atoms with E-state index in [1.165, 1.54) is 0 Å². The number of hydrogen-bond donors (Lipinski definition) is 1. The fourth-order valence-corrected chi connectivity index (χ4v) is 1.54. The summed E-state index contributed by atoms with van der Waals surface area (Å²) in [6.45, 7) is 2.77. The fourth-order valence-electron chi connectivity index (χ4n) is 1.32. The molecule has 2 rings (SSSR count). The van der Waals surface area contributed by atoms with E-state index in [0.29, 0.717) is 5.84 Å². The summed E-state index contributed by atoms with van der Waals surface area (Å²) < 4.78 is 1.01. The molecule has 0 atom stereocenters. The normalized spacial score (nSPS) is 15.9. The second-order valence-electron chi connectivity index (χ2n) is 3.20. The molecule has 0 aliphatic carbocycles. The Labute approximate surface area is 90.9 Å². The van der Waals surface area contributed by atoms with Crippen LogP contribution in [0.4, 0.5) is 5.82 Å². The molecule has 0 spiro atoms. The highest BCUT2D eigenvalue weighted by atomic mass is 79.9. The molecular weight excluding hydrogens is 244 g/mol. The number of aryl methyl sites for hydroxylation is 1. The van der Waals surface area contributed by atoms with Crippen LogP contribution in [0.15, 0.2) is 21.7 Å². The summed E-state index contributed by atoms with van der Waals surface area (Å²) in [5.74, 6) is 1.53. The summed E-state index contributed by atoms with van der Waals surface area (Å²) in [6.07, 6.45) is 0.816. The van der Waals surface area contributed by atoms with E-state index in [1.54, 1.807) is 0 Å². The molecule has 74 valence electrons. The second-order valence-corrected chi connectivity index (χ2v) is 4.06. The van der Waals surface area contributed by atoms with Crippen molar-refractivity contribution in [3.05, 3.63) is 22.3 Å².